The Bertz CT molecular complexity index is 321. The Labute approximate surface area is 103 Å². The van der Waals surface area contributed by atoms with Crippen LogP contribution in [-0.4, -0.2) is 36.3 Å². The van der Waals surface area contributed by atoms with Gasteiger partial charge in [-0.15, -0.1) is 0 Å². The highest BCUT2D eigenvalue weighted by molar-refractivity contribution is 5.92. The lowest BCUT2D eigenvalue weighted by atomic mass is 10.2. The quantitative estimate of drug-likeness (QED) is 0.539. The summed E-state index contributed by atoms with van der Waals surface area (Å²) >= 11 is 0. The molecule has 96 valence electrons. The average Bonchev–Trinajstić information content (AvgIpc) is 2.27. The smallest absolute Gasteiger partial charge is 0.248 e. The third-order valence-electron chi connectivity index (χ3n) is 2.31. The van der Waals surface area contributed by atoms with Crippen molar-refractivity contribution in [3.8, 4) is 0 Å². The molecule has 17 heavy (non-hydrogen) atoms. The lowest BCUT2D eigenvalue weighted by Gasteiger charge is -2.20. The molecule has 0 aromatic rings. The first-order valence-corrected chi connectivity index (χ1v) is 5.78. The summed E-state index contributed by atoms with van der Waals surface area (Å²) in [5.74, 6) is -0.169. The molecule has 1 N–H and O–H groups in total. The first kappa shape index (κ1) is 15.4. The number of hydrogen-bond acceptors (Lipinski definition) is 2. The van der Waals surface area contributed by atoms with Crippen LogP contribution in [0.15, 0.2) is 24.3 Å². The minimum atomic E-state index is -0.140. The van der Waals surface area contributed by atoms with Crippen molar-refractivity contribution in [3.63, 3.8) is 0 Å². The molecular formula is C13H22N2O2. The van der Waals surface area contributed by atoms with Crippen molar-refractivity contribution >= 4 is 11.8 Å². The molecule has 0 saturated heterocycles. The molecule has 0 aliphatic carbocycles. The van der Waals surface area contributed by atoms with Crippen LogP contribution < -0.4 is 5.32 Å². The number of nitrogens with one attached hydrogen (secondary N) is 1. The standard InChI is InChI=1S/C13H22N2O2/c1-6-15(13(17)11(4)5)9-7-8-14-12(16)10(2)3/h2,4,6-9H2,1,3,5H3,(H,14,16). The fraction of sp³-hybridized carbons (Fsp3) is 0.538. The molecule has 0 rings (SSSR count). The first-order valence-electron chi connectivity index (χ1n) is 5.78. The van der Waals surface area contributed by atoms with Crippen LogP contribution in [0.2, 0.25) is 0 Å². The van der Waals surface area contributed by atoms with E-state index in [1.54, 1.807) is 18.7 Å². The van der Waals surface area contributed by atoms with Gasteiger partial charge < -0.3 is 10.2 Å². The average molecular weight is 238 g/mol. The van der Waals surface area contributed by atoms with Crippen LogP contribution in [0.25, 0.3) is 0 Å². The summed E-state index contributed by atoms with van der Waals surface area (Å²) in [5.41, 5.74) is 1.04. The van der Waals surface area contributed by atoms with Crippen molar-refractivity contribution in [2.45, 2.75) is 27.2 Å². The van der Waals surface area contributed by atoms with E-state index in [4.69, 9.17) is 0 Å². The molecule has 0 aromatic heterocycles. The molecule has 0 unspecified atom stereocenters. The van der Waals surface area contributed by atoms with Crippen LogP contribution in [0, 0.1) is 0 Å². The van der Waals surface area contributed by atoms with Gasteiger partial charge in [0.1, 0.15) is 0 Å². The Morgan fingerprint density at radius 2 is 1.76 bits per heavy atom. The molecule has 0 aliphatic heterocycles. The molecule has 2 amide bonds. The van der Waals surface area contributed by atoms with Gasteiger partial charge in [-0.3, -0.25) is 9.59 Å². The van der Waals surface area contributed by atoms with Gasteiger partial charge in [-0.25, -0.2) is 0 Å². The van der Waals surface area contributed by atoms with E-state index in [-0.39, 0.29) is 11.8 Å². The molecule has 0 heterocycles. The minimum Gasteiger partial charge on any atom is -0.352 e. The Morgan fingerprint density at radius 1 is 1.18 bits per heavy atom. The first-order chi connectivity index (χ1) is 7.90. The highest BCUT2D eigenvalue weighted by Crippen LogP contribution is 1.99. The SMILES string of the molecule is C=C(C)C(=O)NCCCN(CC)C(=O)C(=C)C. The van der Waals surface area contributed by atoms with Crippen LogP contribution in [0.4, 0.5) is 0 Å². The van der Waals surface area contributed by atoms with Crippen molar-refractivity contribution in [3.05, 3.63) is 24.3 Å². The number of carbonyl (C=O) groups is 2. The summed E-state index contributed by atoms with van der Waals surface area (Å²) in [5, 5.41) is 2.73. The van der Waals surface area contributed by atoms with Crippen molar-refractivity contribution in [1.82, 2.24) is 10.2 Å². The molecule has 4 nitrogen and oxygen atoms in total. The summed E-state index contributed by atoms with van der Waals surface area (Å²) in [7, 11) is 0. The maximum absolute atomic E-state index is 11.6. The number of hydrogen-bond donors (Lipinski definition) is 1. The van der Waals surface area contributed by atoms with Crippen LogP contribution in [-0.2, 0) is 9.59 Å². The van der Waals surface area contributed by atoms with Crippen molar-refractivity contribution in [1.29, 1.82) is 0 Å². The lowest BCUT2D eigenvalue weighted by molar-refractivity contribution is -0.126. The molecule has 0 spiro atoms. The fourth-order valence-corrected chi connectivity index (χ4v) is 1.30. The Hall–Kier alpha value is -1.58. The summed E-state index contributed by atoms with van der Waals surface area (Å²) in [6, 6.07) is 0. The Balaban J connectivity index is 3.93. The number of carbonyl (C=O) groups excluding carboxylic acids is 2. The zero-order valence-corrected chi connectivity index (χ0v) is 11.0. The predicted octanol–water partition coefficient (Wildman–Crippen LogP) is 1.49. The number of amides is 2. The highest BCUT2D eigenvalue weighted by Gasteiger charge is 2.11. The van der Waals surface area contributed by atoms with E-state index >= 15 is 0 Å². The van der Waals surface area contributed by atoms with Gasteiger partial charge in [0.05, 0.1) is 0 Å². The van der Waals surface area contributed by atoms with E-state index in [1.165, 1.54) is 0 Å². The number of likely N-dealkylation sites (N-methyl/N-ethyl adjacent to an activating group) is 1. The largest absolute Gasteiger partial charge is 0.352 e. The van der Waals surface area contributed by atoms with Crippen molar-refractivity contribution in [2.24, 2.45) is 0 Å². The molecule has 0 aromatic carbocycles. The zero-order chi connectivity index (χ0) is 13.4. The van der Waals surface area contributed by atoms with Gasteiger partial charge in [0, 0.05) is 30.8 Å². The fourth-order valence-electron chi connectivity index (χ4n) is 1.30. The summed E-state index contributed by atoms with van der Waals surface area (Å²) in [6.45, 7) is 14.3. The summed E-state index contributed by atoms with van der Waals surface area (Å²) < 4.78 is 0. The van der Waals surface area contributed by atoms with Gasteiger partial charge in [0.15, 0.2) is 0 Å². The van der Waals surface area contributed by atoms with Gasteiger partial charge in [-0.2, -0.15) is 0 Å². The minimum absolute atomic E-state index is 0.0290. The van der Waals surface area contributed by atoms with Crippen LogP contribution in [0.1, 0.15) is 27.2 Å². The molecule has 0 fully saturated rings. The Kier molecular flexibility index (Phi) is 6.94. The maximum atomic E-state index is 11.6. The van der Waals surface area contributed by atoms with Gasteiger partial charge in [0.25, 0.3) is 0 Å². The van der Waals surface area contributed by atoms with Gasteiger partial charge in [-0.1, -0.05) is 13.2 Å². The molecule has 4 heteroatoms. The van der Waals surface area contributed by atoms with E-state index in [0.29, 0.717) is 30.8 Å². The highest BCUT2D eigenvalue weighted by atomic mass is 16.2. The van der Waals surface area contributed by atoms with E-state index < -0.39 is 0 Å². The normalized spacial score (nSPS) is 9.59. The van der Waals surface area contributed by atoms with E-state index in [2.05, 4.69) is 18.5 Å². The van der Waals surface area contributed by atoms with Crippen LogP contribution in [0.3, 0.4) is 0 Å². The monoisotopic (exact) mass is 238 g/mol. The molecular weight excluding hydrogens is 216 g/mol. The molecule has 0 atom stereocenters. The van der Waals surface area contributed by atoms with Gasteiger partial charge in [-0.05, 0) is 27.2 Å². The van der Waals surface area contributed by atoms with E-state index in [1.807, 2.05) is 6.92 Å². The number of rotatable bonds is 7. The van der Waals surface area contributed by atoms with Crippen LogP contribution >= 0.6 is 0 Å². The second-order valence-electron chi connectivity index (χ2n) is 4.05. The summed E-state index contributed by atoms with van der Waals surface area (Å²) in [4.78, 5) is 24.5. The van der Waals surface area contributed by atoms with Gasteiger partial charge in [0.2, 0.25) is 11.8 Å². The third kappa shape index (κ3) is 5.90. The van der Waals surface area contributed by atoms with Crippen LogP contribution in [0.5, 0.6) is 0 Å². The molecule has 0 bridgehead atoms. The van der Waals surface area contributed by atoms with E-state index in [0.717, 1.165) is 6.42 Å². The summed E-state index contributed by atoms with van der Waals surface area (Å²) in [6.07, 6.45) is 0.728. The maximum Gasteiger partial charge on any atom is 0.248 e. The predicted molar refractivity (Wildman–Crippen MR) is 69.5 cm³/mol. The van der Waals surface area contributed by atoms with Gasteiger partial charge >= 0.3 is 0 Å². The van der Waals surface area contributed by atoms with Crippen molar-refractivity contribution < 1.29 is 9.59 Å². The number of nitrogens with zero attached hydrogens (tertiary/aromatic N) is 1. The molecule has 0 radical (unpaired) electrons. The van der Waals surface area contributed by atoms with Crippen molar-refractivity contribution in [2.75, 3.05) is 19.6 Å². The lowest BCUT2D eigenvalue weighted by Crippen LogP contribution is -2.34. The zero-order valence-electron chi connectivity index (χ0n) is 11.0. The molecule has 0 aliphatic rings. The molecule has 0 saturated carbocycles. The van der Waals surface area contributed by atoms with E-state index in [9.17, 15) is 9.59 Å². The Morgan fingerprint density at radius 3 is 2.18 bits per heavy atom. The second-order valence-corrected chi connectivity index (χ2v) is 4.05. The topological polar surface area (TPSA) is 49.4 Å². The third-order valence-corrected chi connectivity index (χ3v) is 2.31. The second kappa shape index (κ2) is 7.65.